The molecule has 0 rings (SSSR count). The quantitative estimate of drug-likeness (QED) is 0.454. The van der Waals surface area contributed by atoms with E-state index in [0.717, 1.165) is 24.3 Å². The van der Waals surface area contributed by atoms with Gasteiger partial charge in [-0.15, -0.1) is 6.58 Å². The zero-order valence-corrected chi connectivity index (χ0v) is 6.49. The first-order valence-corrected chi connectivity index (χ1v) is 4.36. The molecular weight excluding hydrogens is 132 g/mol. The molecular formula is C7H14OS. The molecule has 0 atom stereocenters. The van der Waals surface area contributed by atoms with Crippen molar-refractivity contribution in [1.29, 1.82) is 0 Å². The standard InChI is InChI=1S/C7H14OS/c1-2-6-9-7-4-3-5-8/h2,8H,1,3-7H2. The molecule has 0 spiro atoms. The maximum atomic E-state index is 8.39. The molecule has 0 heterocycles. The zero-order valence-electron chi connectivity index (χ0n) is 5.68. The van der Waals surface area contributed by atoms with Gasteiger partial charge in [-0.3, -0.25) is 0 Å². The molecule has 0 saturated carbocycles. The van der Waals surface area contributed by atoms with Gasteiger partial charge in [-0.05, 0) is 18.6 Å². The first kappa shape index (κ1) is 9.05. The second-order valence-electron chi connectivity index (χ2n) is 1.79. The van der Waals surface area contributed by atoms with Crippen molar-refractivity contribution in [2.45, 2.75) is 12.8 Å². The summed E-state index contributed by atoms with van der Waals surface area (Å²) >= 11 is 1.86. The summed E-state index contributed by atoms with van der Waals surface area (Å²) in [6, 6.07) is 0. The molecule has 0 aliphatic rings. The number of thioether (sulfide) groups is 1. The molecule has 0 bridgehead atoms. The van der Waals surface area contributed by atoms with Gasteiger partial charge < -0.3 is 5.11 Å². The molecule has 2 heteroatoms. The van der Waals surface area contributed by atoms with Crippen LogP contribution < -0.4 is 0 Å². The van der Waals surface area contributed by atoms with Crippen molar-refractivity contribution in [3.8, 4) is 0 Å². The fourth-order valence-corrected chi connectivity index (χ4v) is 1.22. The van der Waals surface area contributed by atoms with E-state index in [2.05, 4.69) is 6.58 Å². The second-order valence-corrected chi connectivity index (χ2v) is 2.94. The summed E-state index contributed by atoms with van der Waals surface area (Å²) in [6.07, 6.45) is 3.96. The monoisotopic (exact) mass is 146 g/mol. The van der Waals surface area contributed by atoms with E-state index in [1.165, 1.54) is 0 Å². The third kappa shape index (κ3) is 8.05. The van der Waals surface area contributed by atoms with Crippen molar-refractivity contribution in [3.05, 3.63) is 12.7 Å². The van der Waals surface area contributed by atoms with Crippen LogP contribution in [0.4, 0.5) is 0 Å². The van der Waals surface area contributed by atoms with Crippen LogP contribution in [0.2, 0.25) is 0 Å². The molecule has 0 radical (unpaired) electrons. The van der Waals surface area contributed by atoms with Crippen LogP contribution in [0.5, 0.6) is 0 Å². The normalized spacial score (nSPS) is 9.44. The van der Waals surface area contributed by atoms with E-state index >= 15 is 0 Å². The molecule has 0 amide bonds. The van der Waals surface area contributed by atoms with Crippen LogP contribution in [0.3, 0.4) is 0 Å². The van der Waals surface area contributed by atoms with E-state index in [0.29, 0.717) is 6.61 Å². The molecule has 0 aromatic heterocycles. The Morgan fingerprint density at radius 3 is 2.78 bits per heavy atom. The maximum absolute atomic E-state index is 8.39. The van der Waals surface area contributed by atoms with E-state index in [1.807, 2.05) is 17.8 Å². The van der Waals surface area contributed by atoms with Crippen LogP contribution in [0, 0.1) is 0 Å². The lowest BCUT2D eigenvalue weighted by atomic mass is 10.4. The van der Waals surface area contributed by atoms with Gasteiger partial charge in [0.2, 0.25) is 0 Å². The van der Waals surface area contributed by atoms with Crippen molar-refractivity contribution >= 4 is 11.8 Å². The van der Waals surface area contributed by atoms with Crippen molar-refractivity contribution in [2.24, 2.45) is 0 Å². The van der Waals surface area contributed by atoms with Gasteiger partial charge in [-0.2, -0.15) is 11.8 Å². The van der Waals surface area contributed by atoms with Gasteiger partial charge in [0.15, 0.2) is 0 Å². The highest BCUT2D eigenvalue weighted by atomic mass is 32.2. The van der Waals surface area contributed by atoms with Gasteiger partial charge in [-0.1, -0.05) is 6.08 Å². The summed E-state index contributed by atoms with van der Waals surface area (Å²) < 4.78 is 0. The Balaban J connectivity index is 2.66. The molecule has 0 unspecified atom stereocenters. The van der Waals surface area contributed by atoms with Crippen LogP contribution in [0.25, 0.3) is 0 Å². The SMILES string of the molecule is C=CCSCCCCO. The predicted molar refractivity (Wildman–Crippen MR) is 43.8 cm³/mol. The van der Waals surface area contributed by atoms with Crippen LogP contribution in [-0.2, 0) is 0 Å². The Morgan fingerprint density at radius 2 is 2.22 bits per heavy atom. The van der Waals surface area contributed by atoms with Crippen LogP contribution in [0.15, 0.2) is 12.7 Å². The zero-order chi connectivity index (χ0) is 6.95. The van der Waals surface area contributed by atoms with Gasteiger partial charge in [0, 0.05) is 12.4 Å². The molecule has 0 fully saturated rings. The smallest absolute Gasteiger partial charge is 0.0431 e. The Hall–Kier alpha value is 0.0500. The third-order valence-electron chi connectivity index (χ3n) is 0.932. The highest BCUT2D eigenvalue weighted by molar-refractivity contribution is 7.99. The van der Waals surface area contributed by atoms with Crippen molar-refractivity contribution in [1.82, 2.24) is 0 Å². The van der Waals surface area contributed by atoms with E-state index < -0.39 is 0 Å². The average Bonchev–Trinajstić information content (AvgIpc) is 1.89. The lowest BCUT2D eigenvalue weighted by molar-refractivity contribution is 0.287. The van der Waals surface area contributed by atoms with Crippen LogP contribution in [-0.4, -0.2) is 23.2 Å². The van der Waals surface area contributed by atoms with Gasteiger partial charge >= 0.3 is 0 Å². The predicted octanol–water partition coefficient (Wildman–Crippen LogP) is 1.68. The Labute approximate surface area is 61.2 Å². The molecule has 0 aliphatic carbocycles. The molecule has 0 aromatic rings. The van der Waals surface area contributed by atoms with E-state index in [-0.39, 0.29) is 0 Å². The largest absolute Gasteiger partial charge is 0.396 e. The third-order valence-corrected chi connectivity index (χ3v) is 1.98. The van der Waals surface area contributed by atoms with Crippen LogP contribution in [0.1, 0.15) is 12.8 Å². The van der Waals surface area contributed by atoms with Gasteiger partial charge in [0.1, 0.15) is 0 Å². The number of aliphatic hydroxyl groups is 1. The minimum absolute atomic E-state index is 0.328. The van der Waals surface area contributed by atoms with Crippen molar-refractivity contribution < 1.29 is 5.11 Å². The van der Waals surface area contributed by atoms with E-state index in [9.17, 15) is 0 Å². The second kappa shape index (κ2) is 8.05. The number of unbranched alkanes of at least 4 members (excludes halogenated alkanes) is 1. The Morgan fingerprint density at radius 1 is 1.44 bits per heavy atom. The molecule has 54 valence electrons. The Kier molecular flexibility index (Phi) is 8.09. The highest BCUT2D eigenvalue weighted by Gasteiger charge is 1.85. The number of aliphatic hydroxyl groups excluding tert-OH is 1. The molecule has 0 aliphatic heterocycles. The summed E-state index contributed by atoms with van der Waals surface area (Å²) in [6.45, 7) is 3.94. The summed E-state index contributed by atoms with van der Waals surface area (Å²) in [7, 11) is 0. The Bertz CT molecular complexity index is 63.9. The summed E-state index contributed by atoms with van der Waals surface area (Å²) in [5.74, 6) is 2.18. The van der Waals surface area contributed by atoms with Gasteiger partial charge in [0.05, 0.1) is 0 Å². The molecule has 1 nitrogen and oxygen atoms in total. The van der Waals surface area contributed by atoms with Crippen LogP contribution >= 0.6 is 11.8 Å². The lowest BCUT2D eigenvalue weighted by Gasteiger charge is -1.94. The summed E-state index contributed by atoms with van der Waals surface area (Å²) in [4.78, 5) is 0. The van der Waals surface area contributed by atoms with Gasteiger partial charge in [0.25, 0.3) is 0 Å². The molecule has 1 N–H and O–H groups in total. The first-order valence-electron chi connectivity index (χ1n) is 3.21. The summed E-state index contributed by atoms with van der Waals surface area (Å²) in [5, 5.41) is 8.39. The lowest BCUT2D eigenvalue weighted by Crippen LogP contribution is -1.85. The fourth-order valence-electron chi connectivity index (χ4n) is 0.483. The molecule has 0 aromatic carbocycles. The van der Waals surface area contributed by atoms with Crippen molar-refractivity contribution in [2.75, 3.05) is 18.1 Å². The number of hydrogen-bond donors (Lipinski definition) is 1. The average molecular weight is 146 g/mol. The van der Waals surface area contributed by atoms with E-state index in [4.69, 9.17) is 5.11 Å². The fraction of sp³-hybridized carbons (Fsp3) is 0.714. The topological polar surface area (TPSA) is 20.2 Å². The highest BCUT2D eigenvalue weighted by Crippen LogP contribution is 2.03. The minimum atomic E-state index is 0.328. The first-order chi connectivity index (χ1) is 4.41. The number of rotatable bonds is 6. The van der Waals surface area contributed by atoms with Gasteiger partial charge in [-0.25, -0.2) is 0 Å². The number of hydrogen-bond acceptors (Lipinski definition) is 2. The van der Waals surface area contributed by atoms with Crippen molar-refractivity contribution in [3.63, 3.8) is 0 Å². The minimum Gasteiger partial charge on any atom is -0.396 e. The summed E-state index contributed by atoms with van der Waals surface area (Å²) in [5.41, 5.74) is 0. The van der Waals surface area contributed by atoms with E-state index in [1.54, 1.807) is 0 Å². The maximum Gasteiger partial charge on any atom is 0.0431 e. The molecule has 9 heavy (non-hydrogen) atoms. The molecule has 0 saturated heterocycles.